The first-order valence-corrected chi connectivity index (χ1v) is 6.52. The Morgan fingerprint density at radius 3 is 1.95 bits per heavy atom. The maximum Gasteiger partial charge on any atom is 0.308 e. The highest BCUT2D eigenvalue weighted by Gasteiger charge is 2.12. The molecule has 4 heteroatoms. The van der Waals surface area contributed by atoms with Crippen LogP contribution in [0.3, 0.4) is 0 Å². The van der Waals surface area contributed by atoms with Crippen molar-refractivity contribution in [3.63, 3.8) is 0 Å². The van der Waals surface area contributed by atoms with Crippen molar-refractivity contribution < 1.29 is 19.4 Å². The van der Waals surface area contributed by atoms with Gasteiger partial charge in [0.1, 0.15) is 11.5 Å². The molecule has 0 fully saturated rings. The molecule has 0 bridgehead atoms. The van der Waals surface area contributed by atoms with Crippen molar-refractivity contribution in [2.75, 3.05) is 0 Å². The number of rotatable bonds is 3. The van der Waals surface area contributed by atoms with Crippen molar-refractivity contribution in [1.82, 2.24) is 0 Å². The number of ether oxygens (including phenoxy) is 1. The predicted octanol–water partition coefficient (Wildman–Crippen LogP) is 3.17. The molecular weight excluding hydrogens is 268 g/mol. The maximum atomic E-state index is 12.4. The van der Waals surface area contributed by atoms with Gasteiger partial charge >= 0.3 is 5.97 Å². The molecule has 0 spiro atoms. The van der Waals surface area contributed by atoms with E-state index in [-0.39, 0.29) is 11.5 Å². The number of aryl methyl sites for hydroxylation is 2. The summed E-state index contributed by atoms with van der Waals surface area (Å²) in [6, 6.07) is 9.69. The van der Waals surface area contributed by atoms with Gasteiger partial charge in [0.25, 0.3) is 0 Å². The minimum atomic E-state index is -0.404. The number of hydrogen-bond donors (Lipinski definition) is 1. The molecular formula is C17H16O4. The average molecular weight is 284 g/mol. The van der Waals surface area contributed by atoms with Crippen LogP contribution in [-0.2, 0) is 4.79 Å². The smallest absolute Gasteiger partial charge is 0.308 e. The standard InChI is InChI=1S/C17H16O4/c1-10-8-14(9-11(2)16(10)19)17(20)13-4-6-15(7-5-13)21-12(3)18/h4-9,19H,1-3H3. The van der Waals surface area contributed by atoms with E-state index in [1.807, 2.05) is 0 Å². The van der Waals surface area contributed by atoms with Gasteiger partial charge in [-0.2, -0.15) is 0 Å². The second kappa shape index (κ2) is 5.79. The molecule has 0 atom stereocenters. The molecule has 2 aromatic rings. The Balaban J connectivity index is 2.30. The summed E-state index contributed by atoms with van der Waals surface area (Å²) in [6.07, 6.45) is 0. The summed E-state index contributed by atoms with van der Waals surface area (Å²) in [7, 11) is 0. The van der Waals surface area contributed by atoms with Gasteiger partial charge in [0.2, 0.25) is 0 Å². The van der Waals surface area contributed by atoms with E-state index < -0.39 is 5.97 Å². The van der Waals surface area contributed by atoms with Crippen LogP contribution in [0.15, 0.2) is 36.4 Å². The molecule has 0 saturated heterocycles. The van der Waals surface area contributed by atoms with E-state index in [1.165, 1.54) is 6.92 Å². The third-order valence-electron chi connectivity index (χ3n) is 3.13. The van der Waals surface area contributed by atoms with Gasteiger partial charge in [0.15, 0.2) is 5.78 Å². The number of esters is 1. The molecule has 0 aliphatic rings. The fourth-order valence-electron chi connectivity index (χ4n) is 2.09. The zero-order chi connectivity index (χ0) is 15.6. The second-order valence-electron chi connectivity index (χ2n) is 4.91. The summed E-state index contributed by atoms with van der Waals surface area (Å²) in [4.78, 5) is 23.3. The first kappa shape index (κ1) is 14.8. The molecule has 21 heavy (non-hydrogen) atoms. The summed E-state index contributed by atoms with van der Waals surface area (Å²) in [5.41, 5.74) is 2.34. The highest BCUT2D eigenvalue weighted by molar-refractivity contribution is 6.09. The fraction of sp³-hybridized carbons (Fsp3) is 0.176. The summed E-state index contributed by atoms with van der Waals surface area (Å²) in [6.45, 7) is 4.83. The van der Waals surface area contributed by atoms with Crippen molar-refractivity contribution in [1.29, 1.82) is 0 Å². The van der Waals surface area contributed by atoms with Crippen molar-refractivity contribution >= 4 is 11.8 Å². The van der Waals surface area contributed by atoms with Crippen molar-refractivity contribution in [3.05, 3.63) is 58.7 Å². The Labute approximate surface area is 123 Å². The van der Waals surface area contributed by atoms with Crippen LogP contribution in [0.1, 0.15) is 34.0 Å². The molecule has 1 N–H and O–H groups in total. The Morgan fingerprint density at radius 2 is 1.48 bits per heavy atom. The van der Waals surface area contributed by atoms with E-state index in [9.17, 15) is 14.7 Å². The van der Waals surface area contributed by atoms with Crippen molar-refractivity contribution in [2.24, 2.45) is 0 Å². The normalized spacial score (nSPS) is 10.2. The molecule has 0 aromatic heterocycles. The molecule has 0 radical (unpaired) electrons. The molecule has 0 heterocycles. The zero-order valence-corrected chi connectivity index (χ0v) is 12.1. The number of phenols is 1. The Morgan fingerprint density at radius 1 is 0.952 bits per heavy atom. The van der Waals surface area contributed by atoms with E-state index in [2.05, 4.69) is 0 Å². The third-order valence-corrected chi connectivity index (χ3v) is 3.13. The largest absolute Gasteiger partial charge is 0.507 e. The molecule has 0 aliphatic carbocycles. The van der Waals surface area contributed by atoms with Gasteiger partial charge < -0.3 is 9.84 Å². The summed E-state index contributed by atoms with van der Waals surface area (Å²) in [5.74, 6) is 0.0586. The lowest BCUT2D eigenvalue weighted by Crippen LogP contribution is -2.04. The minimum absolute atomic E-state index is 0.143. The van der Waals surface area contributed by atoms with Crippen LogP contribution in [0.2, 0.25) is 0 Å². The van der Waals surface area contributed by atoms with Gasteiger partial charge in [-0.1, -0.05) is 0 Å². The van der Waals surface area contributed by atoms with Gasteiger partial charge in [-0.3, -0.25) is 9.59 Å². The number of aromatic hydroxyl groups is 1. The first-order chi connectivity index (χ1) is 9.88. The second-order valence-corrected chi connectivity index (χ2v) is 4.91. The van der Waals surface area contributed by atoms with E-state index in [1.54, 1.807) is 50.2 Å². The highest BCUT2D eigenvalue weighted by atomic mass is 16.5. The van der Waals surface area contributed by atoms with E-state index in [0.717, 1.165) is 0 Å². The van der Waals surface area contributed by atoms with Gasteiger partial charge in [0.05, 0.1) is 0 Å². The highest BCUT2D eigenvalue weighted by Crippen LogP contribution is 2.24. The monoisotopic (exact) mass is 284 g/mol. The van der Waals surface area contributed by atoms with Crippen LogP contribution in [0.4, 0.5) is 0 Å². The Kier molecular flexibility index (Phi) is 4.08. The number of carbonyl (C=O) groups excluding carboxylic acids is 2. The zero-order valence-electron chi connectivity index (χ0n) is 12.1. The number of phenolic OH excluding ortho intramolecular Hbond substituents is 1. The van der Waals surface area contributed by atoms with Crippen LogP contribution >= 0.6 is 0 Å². The SMILES string of the molecule is CC(=O)Oc1ccc(C(=O)c2cc(C)c(O)c(C)c2)cc1. The van der Waals surface area contributed by atoms with Crippen LogP contribution in [0.5, 0.6) is 11.5 Å². The average Bonchev–Trinajstić information content (AvgIpc) is 2.43. The van der Waals surface area contributed by atoms with Crippen molar-refractivity contribution in [3.8, 4) is 11.5 Å². The number of carbonyl (C=O) groups is 2. The number of ketones is 1. The molecule has 0 saturated carbocycles. The van der Waals surface area contributed by atoms with Crippen LogP contribution < -0.4 is 4.74 Å². The van der Waals surface area contributed by atoms with Crippen molar-refractivity contribution in [2.45, 2.75) is 20.8 Å². The van der Waals surface area contributed by atoms with Gasteiger partial charge in [0, 0.05) is 18.1 Å². The maximum absolute atomic E-state index is 12.4. The predicted molar refractivity (Wildman–Crippen MR) is 78.8 cm³/mol. The van der Waals surface area contributed by atoms with E-state index in [0.29, 0.717) is 28.0 Å². The molecule has 4 nitrogen and oxygen atoms in total. The third kappa shape index (κ3) is 3.28. The number of benzene rings is 2. The quantitative estimate of drug-likeness (QED) is 0.534. The lowest BCUT2D eigenvalue weighted by Gasteiger charge is -2.08. The Bertz CT molecular complexity index is 676. The molecule has 0 unspecified atom stereocenters. The Hall–Kier alpha value is -2.62. The van der Waals surface area contributed by atoms with Gasteiger partial charge in [-0.25, -0.2) is 0 Å². The summed E-state index contributed by atoms with van der Waals surface area (Å²) >= 11 is 0. The minimum Gasteiger partial charge on any atom is -0.507 e. The number of hydrogen-bond acceptors (Lipinski definition) is 4. The molecule has 108 valence electrons. The van der Waals surface area contributed by atoms with E-state index in [4.69, 9.17) is 4.74 Å². The molecule has 2 rings (SSSR count). The van der Waals surface area contributed by atoms with E-state index >= 15 is 0 Å². The summed E-state index contributed by atoms with van der Waals surface area (Å²) in [5, 5.41) is 9.74. The first-order valence-electron chi connectivity index (χ1n) is 6.52. The lowest BCUT2D eigenvalue weighted by molar-refractivity contribution is -0.131. The molecule has 0 amide bonds. The fourth-order valence-corrected chi connectivity index (χ4v) is 2.09. The van der Waals surface area contributed by atoms with Gasteiger partial charge in [-0.15, -0.1) is 0 Å². The van der Waals surface area contributed by atoms with Crippen LogP contribution in [0, 0.1) is 13.8 Å². The van der Waals surface area contributed by atoms with Crippen LogP contribution in [0.25, 0.3) is 0 Å². The topological polar surface area (TPSA) is 63.6 Å². The molecule has 2 aromatic carbocycles. The molecule has 0 aliphatic heterocycles. The van der Waals surface area contributed by atoms with Crippen LogP contribution in [-0.4, -0.2) is 16.9 Å². The summed E-state index contributed by atoms with van der Waals surface area (Å²) < 4.78 is 4.93. The lowest BCUT2D eigenvalue weighted by atomic mass is 9.98. The van der Waals surface area contributed by atoms with Gasteiger partial charge in [-0.05, 0) is 61.4 Å².